The summed E-state index contributed by atoms with van der Waals surface area (Å²) in [6.07, 6.45) is 4.02. The molecule has 1 aliphatic carbocycles. The third kappa shape index (κ3) is 2.21. The number of hydrogen-bond acceptors (Lipinski definition) is 2. The molecule has 1 saturated carbocycles. The van der Waals surface area contributed by atoms with Crippen LogP contribution >= 0.6 is 0 Å². The second kappa shape index (κ2) is 4.42. The second-order valence-corrected chi connectivity index (χ2v) is 5.91. The first kappa shape index (κ1) is 11.4. The standard InChI is InChI=1S/C13H24O2/c1-10(2)12-5-4-11(3)6-13(12)7-14-9-15-8-13/h10-12H,4-9H2,1-3H3/t11-,12+/m1/s1. The van der Waals surface area contributed by atoms with Crippen LogP contribution in [0.25, 0.3) is 0 Å². The average Bonchev–Trinajstić information content (AvgIpc) is 2.18. The maximum Gasteiger partial charge on any atom is 0.146 e. The van der Waals surface area contributed by atoms with Crippen molar-refractivity contribution < 1.29 is 9.47 Å². The Balaban J connectivity index is 2.14. The molecule has 1 heterocycles. The van der Waals surface area contributed by atoms with Crippen LogP contribution in [0.3, 0.4) is 0 Å². The highest BCUT2D eigenvalue weighted by Crippen LogP contribution is 2.48. The molecule has 0 aromatic carbocycles. The summed E-state index contributed by atoms with van der Waals surface area (Å²) in [6, 6.07) is 0. The lowest BCUT2D eigenvalue weighted by Crippen LogP contribution is -2.48. The molecule has 88 valence electrons. The van der Waals surface area contributed by atoms with Gasteiger partial charge in [0.1, 0.15) is 6.79 Å². The van der Waals surface area contributed by atoms with Crippen LogP contribution in [0.1, 0.15) is 40.0 Å². The zero-order chi connectivity index (χ0) is 10.9. The fourth-order valence-electron chi connectivity index (χ4n) is 3.68. The Hall–Kier alpha value is -0.0800. The minimum Gasteiger partial charge on any atom is -0.355 e. The van der Waals surface area contributed by atoms with E-state index in [0.717, 1.165) is 31.0 Å². The van der Waals surface area contributed by atoms with E-state index in [2.05, 4.69) is 20.8 Å². The van der Waals surface area contributed by atoms with Crippen LogP contribution in [0.2, 0.25) is 0 Å². The van der Waals surface area contributed by atoms with Gasteiger partial charge in [0.05, 0.1) is 13.2 Å². The van der Waals surface area contributed by atoms with Gasteiger partial charge in [0, 0.05) is 5.41 Å². The number of ether oxygens (including phenoxy) is 2. The summed E-state index contributed by atoms with van der Waals surface area (Å²) in [5.74, 6) is 2.38. The normalized spacial score (nSPS) is 36.0. The summed E-state index contributed by atoms with van der Waals surface area (Å²) < 4.78 is 11.1. The molecule has 2 aliphatic rings. The van der Waals surface area contributed by atoms with E-state index in [4.69, 9.17) is 9.47 Å². The summed E-state index contributed by atoms with van der Waals surface area (Å²) >= 11 is 0. The van der Waals surface area contributed by atoms with E-state index >= 15 is 0 Å². The molecule has 2 nitrogen and oxygen atoms in total. The highest BCUT2D eigenvalue weighted by molar-refractivity contribution is 4.93. The van der Waals surface area contributed by atoms with Gasteiger partial charge in [-0.15, -0.1) is 0 Å². The predicted octanol–water partition coefficient (Wildman–Crippen LogP) is 3.07. The summed E-state index contributed by atoms with van der Waals surface area (Å²) in [4.78, 5) is 0. The molecule has 2 heteroatoms. The SMILES string of the molecule is CC(C)[C@@H]1CC[C@@H](C)CC12COCOC2. The Morgan fingerprint density at radius 1 is 1.13 bits per heavy atom. The Bertz CT molecular complexity index is 207. The summed E-state index contributed by atoms with van der Waals surface area (Å²) in [6.45, 7) is 9.39. The first-order valence-electron chi connectivity index (χ1n) is 6.29. The predicted molar refractivity (Wildman–Crippen MR) is 60.5 cm³/mol. The minimum atomic E-state index is 0.323. The number of rotatable bonds is 1. The van der Waals surface area contributed by atoms with E-state index in [1.165, 1.54) is 19.3 Å². The zero-order valence-electron chi connectivity index (χ0n) is 10.3. The molecule has 1 aliphatic heterocycles. The zero-order valence-corrected chi connectivity index (χ0v) is 10.3. The van der Waals surface area contributed by atoms with Crippen LogP contribution in [0.15, 0.2) is 0 Å². The van der Waals surface area contributed by atoms with Crippen molar-refractivity contribution in [3.05, 3.63) is 0 Å². The van der Waals surface area contributed by atoms with Crippen LogP contribution in [-0.4, -0.2) is 20.0 Å². The minimum absolute atomic E-state index is 0.323. The van der Waals surface area contributed by atoms with Crippen molar-refractivity contribution in [1.29, 1.82) is 0 Å². The van der Waals surface area contributed by atoms with Crippen molar-refractivity contribution in [2.24, 2.45) is 23.2 Å². The molecule has 0 N–H and O–H groups in total. The summed E-state index contributed by atoms with van der Waals surface area (Å²) in [7, 11) is 0. The summed E-state index contributed by atoms with van der Waals surface area (Å²) in [5.41, 5.74) is 0.323. The Morgan fingerprint density at radius 3 is 2.40 bits per heavy atom. The molecule has 2 fully saturated rings. The van der Waals surface area contributed by atoms with E-state index in [1.54, 1.807) is 0 Å². The smallest absolute Gasteiger partial charge is 0.146 e. The van der Waals surface area contributed by atoms with Crippen molar-refractivity contribution in [2.45, 2.75) is 40.0 Å². The molecule has 0 radical (unpaired) electrons. The lowest BCUT2D eigenvalue weighted by Gasteiger charge is -2.49. The van der Waals surface area contributed by atoms with E-state index < -0.39 is 0 Å². The van der Waals surface area contributed by atoms with Crippen molar-refractivity contribution >= 4 is 0 Å². The van der Waals surface area contributed by atoms with Crippen LogP contribution in [0.4, 0.5) is 0 Å². The van der Waals surface area contributed by atoms with E-state index in [1.807, 2.05) is 0 Å². The second-order valence-electron chi connectivity index (χ2n) is 5.91. The van der Waals surface area contributed by atoms with Gasteiger partial charge in [-0.25, -0.2) is 0 Å². The number of hydrogen-bond donors (Lipinski definition) is 0. The van der Waals surface area contributed by atoms with Gasteiger partial charge in [-0.1, -0.05) is 27.2 Å². The van der Waals surface area contributed by atoms with Gasteiger partial charge >= 0.3 is 0 Å². The van der Waals surface area contributed by atoms with Crippen molar-refractivity contribution in [3.8, 4) is 0 Å². The molecule has 2 atom stereocenters. The molecule has 1 spiro atoms. The molecule has 0 amide bonds. The first-order chi connectivity index (χ1) is 7.14. The third-order valence-electron chi connectivity index (χ3n) is 4.26. The Labute approximate surface area is 93.3 Å². The highest BCUT2D eigenvalue weighted by atomic mass is 16.7. The van der Waals surface area contributed by atoms with Gasteiger partial charge in [-0.3, -0.25) is 0 Å². The molecule has 0 bridgehead atoms. The average molecular weight is 212 g/mol. The van der Waals surface area contributed by atoms with Crippen molar-refractivity contribution in [3.63, 3.8) is 0 Å². The van der Waals surface area contributed by atoms with Gasteiger partial charge in [0.25, 0.3) is 0 Å². The van der Waals surface area contributed by atoms with Crippen molar-refractivity contribution in [2.75, 3.05) is 20.0 Å². The van der Waals surface area contributed by atoms with Gasteiger partial charge in [-0.05, 0) is 30.6 Å². The molecule has 2 rings (SSSR count). The maximum absolute atomic E-state index is 5.57. The van der Waals surface area contributed by atoms with Crippen LogP contribution in [0, 0.1) is 23.2 Å². The maximum atomic E-state index is 5.57. The molecule has 1 saturated heterocycles. The lowest BCUT2D eigenvalue weighted by molar-refractivity contribution is -0.201. The Morgan fingerprint density at radius 2 is 1.80 bits per heavy atom. The summed E-state index contributed by atoms with van der Waals surface area (Å²) in [5, 5.41) is 0. The molecule has 15 heavy (non-hydrogen) atoms. The fourth-order valence-corrected chi connectivity index (χ4v) is 3.68. The quantitative estimate of drug-likeness (QED) is 0.665. The van der Waals surface area contributed by atoms with Gasteiger partial charge in [0.2, 0.25) is 0 Å². The van der Waals surface area contributed by atoms with Crippen LogP contribution in [0.5, 0.6) is 0 Å². The molecular formula is C13H24O2. The van der Waals surface area contributed by atoms with Crippen LogP contribution in [-0.2, 0) is 9.47 Å². The first-order valence-corrected chi connectivity index (χ1v) is 6.29. The highest BCUT2D eigenvalue weighted by Gasteiger charge is 2.45. The molecule has 0 aromatic rings. The topological polar surface area (TPSA) is 18.5 Å². The third-order valence-corrected chi connectivity index (χ3v) is 4.26. The molecular weight excluding hydrogens is 188 g/mol. The van der Waals surface area contributed by atoms with Gasteiger partial charge in [0.15, 0.2) is 0 Å². The van der Waals surface area contributed by atoms with Gasteiger partial charge in [-0.2, -0.15) is 0 Å². The van der Waals surface area contributed by atoms with Gasteiger partial charge < -0.3 is 9.47 Å². The largest absolute Gasteiger partial charge is 0.355 e. The molecule has 0 aromatic heterocycles. The fraction of sp³-hybridized carbons (Fsp3) is 1.00. The molecule has 0 unspecified atom stereocenters. The van der Waals surface area contributed by atoms with Crippen LogP contribution < -0.4 is 0 Å². The monoisotopic (exact) mass is 212 g/mol. The van der Waals surface area contributed by atoms with E-state index in [0.29, 0.717) is 12.2 Å². The van der Waals surface area contributed by atoms with Crippen molar-refractivity contribution in [1.82, 2.24) is 0 Å². The van der Waals surface area contributed by atoms with E-state index in [9.17, 15) is 0 Å². The Kier molecular flexibility index (Phi) is 3.36. The van der Waals surface area contributed by atoms with E-state index in [-0.39, 0.29) is 0 Å². The lowest BCUT2D eigenvalue weighted by atomic mass is 9.60.